The van der Waals surface area contributed by atoms with Crippen LogP contribution in [0.3, 0.4) is 0 Å². The average molecular weight is 415 g/mol. The predicted molar refractivity (Wildman–Crippen MR) is 120 cm³/mol. The van der Waals surface area contributed by atoms with Crippen LogP contribution in [0.5, 0.6) is 0 Å². The van der Waals surface area contributed by atoms with Gasteiger partial charge in [-0.25, -0.2) is 9.50 Å². The maximum Gasteiger partial charge on any atom is 0.274 e. The number of rotatable bonds is 4. The molecule has 0 atom stereocenters. The molecule has 1 aliphatic carbocycles. The monoisotopic (exact) mass is 414 g/mol. The lowest BCUT2D eigenvalue weighted by Crippen LogP contribution is -2.53. The van der Waals surface area contributed by atoms with E-state index in [9.17, 15) is 4.79 Å². The van der Waals surface area contributed by atoms with Gasteiger partial charge in [0.05, 0.1) is 0 Å². The first-order chi connectivity index (χ1) is 13.8. The lowest BCUT2D eigenvalue weighted by atomic mass is 9.86. The third kappa shape index (κ3) is 4.32. The van der Waals surface area contributed by atoms with E-state index in [1.165, 1.54) is 32.1 Å². The minimum absolute atomic E-state index is 0.0318. The number of amides is 1. The lowest BCUT2D eigenvalue weighted by molar-refractivity contribution is 0.0591. The molecule has 0 radical (unpaired) electrons. The highest BCUT2D eigenvalue weighted by Gasteiger charge is 2.35. The number of hydrogen-bond donors (Lipinski definition) is 0. The van der Waals surface area contributed by atoms with Gasteiger partial charge in [-0.15, -0.1) is 0 Å². The zero-order valence-corrected chi connectivity index (χ0v) is 19.1. The minimum atomic E-state index is -0.143. The molecule has 0 aromatic carbocycles. The summed E-state index contributed by atoms with van der Waals surface area (Å²) in [5, 5.41) is 4.72. The summed E-state index contributed by atoms with van der Waals surface area (Å²) in [7, 11) is 0. The molecule has 2 aromatic heterocycles. The van der Waals surface area contributed by atoms with Crippen LogP contribution in [0.15, 0.2) is 12.1 Å². The van der Waals surface area contributed by atoms with Gasteiger partial charge in [0.1, 0.15) is 0 Å². The van der Waals surface area contributed by atoms with Gasteiger partial charge in [-0.2, -0.15) is 16.9 Å². The largest absolute Gasteiger partial charge is 0.330 e. The number of thioether (sulfide) groups is 1. The van der Waals surface area contributed by atoms with Crippen LogP contribution in [-0.4, -0.2) is 49.0 Å². The molecule has 0 bridgehead atoms. The van der Waals surface area contributed by atoms with Crippen LogP contribution in [0.1, 0.15) is 87.6 Å². The van der Waals surface area contributed by atoms with E-state index >= 15 is 0 Å². The van der Waals surface area contributed by atoms with Crippen molar-refractivity contribution in [1.29, 1.82) is 0 Å². The maximum atomic E-state index is 13.3. The number of nitrogens with zero attached hydrogens (tertiary/aromatic N) is 4. The summed E-state index contributed by atoms with van der Waals surface area (Å²) in [4.78, 5) is 20.2. The summed E-state index contributed by atoms with van der Waals surface area (Å²) in [6, 6.07) is 4.12. The summed E-state index contributed by atoms with van der Waals surface area (Å²) in [6.45, 7) is 9.45. The highest BCUT2D eigenvalue weighted by atomic mass is 32.2. The Hall–Kier alpha value is -1.56. The smallest absolute Gasteiger partial charge is 0.274 e. The Bertz CT molecular complexity index is 882. The van der Waals surface area contributed by atoms with Crippen molar-refractivity contribution in [3.63, 3.8) is 0 Å². The van der Waals surface area contributed by atoms with Crippen LogP contribution in [-0.2, 0) is 6.42 Å². The van der Waals surface area contributed by atoms with E-state index in [1.54, 1.807) is 0 Å². The standard InChI is InChI=1S/C23H34N4OS/c1-16(2)20-13-18(12-17-8-6-5-7-9-17)24-21-14-19(25-27(20)21)22(28)26-10-11-29-15-23(26,3)4/h13-14,16-17H,5-12,15H2,1-4H3. The van der Waals surface area contributed by atoms with Crippen molar-refractivity contribution in [1.82, 2.24) is 19.5 Å². The molecule has 4 rings (SSSR count). The minimum Gasteiger partial charge on any atom is -0.330 e. The number of fused-ring (bicyclic) bond motifs is 1. The van der Waals surface area contributed by atoms with Crippen LogP contribution in [0.4, 0.5) is 0 Å². The van der Waals surface area contributed by atoms with Gasteiger partial charge in [-0.05, 0) is 38.2 Å². The Balaban J connectivity index is 1.66. The Morgan fingerprint density at radius 3 is 2.69 bits per heavy atom. The molecular formula is C23H34N4OS. The van der Waals surface area contributed by atoms with E-state index in [0.717, 1.165) is 47.4 Å². The number of carbonyl (C=O) groups excluding carboxylic acids is 1. The molecule has 3 heterocycles. The van der Waals surface area contributed by atoms with E-state index < -0.39 is 0 Å². The van der Waals surface area contributed by atoms with Gasteiger partial charge < -0.3 is 4.90 Å². The third-order valence-corrected chi connectivity index (χ3v) is 7.81. The second kappa shape index (κ2) is 8.29. The fourth-order valence-electron chi connectivity index (χ4n) is 4.73. The maximum absolute atomic E-state index is 13.3. The van der Waals surface area contributed by atoms with Gasteiger partial charge in [-0.3, -0.25) is 4.79 Å². The summed E-state index contributed by atoms with van der Waals surface area (Å²) in [6.07, 6.45) is 7.74. The van der Waals surface area contributed by atoms with E-state index in [0.29, 0.717) is 11.6 Å². The van der Waals surface area contributed by atoms with Crippen LogP contribution in [0.2, 0.25) is 0 Å². The fourth-order valence-corrected chi connectivity index (χ4v) is 5.84. The van der Waals surface area contributed by atoms with Gasteiger partial charge in [0.15, 0.2) is 11.3 Å². The van der Waals surface area contributed by atoms with Gasteiger partial charge >= 0.3 is 0 Å². The van der Waals surface area contributed by atoms with Crippen molar-refractivity contribution in [2.24, 2.45) is 5.92 Å². The fraction of sp³-hybridized carbons (Fsp3) is 0.696. The van der Waals surface area contributed by atoms with E-state index in [1.807, 2.05) is 27.2 Å². The van der Waals surface area contributed by atoms with Gasteiger partial charge in [0.25, 0.3) is 5.91 Å². The van der Waals surface area contributed by atoms with Gasteiger partial charge in [0, 0.05) is 41.0 Å². The normalized spacial score (nSPS) is 20.5. The van der Waals surface area contributed by atoms with Crippen LogP contribution in [0.25, 0.3) is 5.65 Å². The van der Waals surface area contributed by atoms with Gasteiger partial charge in [-0.1, -0.05) is 46.0 Å². The van der Waals surface area contributed by atoms with Crippen molar-refractivity contribution in [3.8, 4) is 0 Å². The first-order valence-electron chi connectivity index (χ1n) is 11.1. The molecule has 1 aliphatic heterocycles. The van der Waals surface area contributed by atoms with E-state index in [4.69, 9.17) is 10.1 Å². The molecule has 1 saturated heterocycles. The highest BCUT2D eigenvalue weighted by molar-refractivity contribution is 7.99. The Labute approximate surface area is 178 Å². The zero-order valence-electron chi connectivity index (χ0n) is 18.3. The van der Waals surface area contributed by atoms with Crippen molar-refractivity contribution < 1.29 is 4.79 Å². The first-order valence-corrected chi connectivity index (χ1v) is 12.3. The Morgan fingerprint density at radius 1 is 1.24 bits per heavy atom. The topological polar surface area (TPSA) is 50.5 Å². The van der Waals surface area contributed by atoms with Crippen LogP contribution < -0.4 is 0 Å². The second-order valence-corrected chi connectivity index (χ2v) is 10.8. The Kier molecular flexibility index (Phi) is 5.92. The van der Waals surface area contributed by atoms with Gasteiger partial charge in [0.2, 0.25) is 0 Å². The zero-order chi connectivity index (χ0) is 20.6. The van der Waals surface area contributed by atoms with E-state index in [-0.39, 0.29) is 11.4 Å². The lowest BCUT2D eigenvalue weighted by Gasteiger charge is -2.41. The molecule has 2 aliphatic rings. The molecule has 5 nitrogen and oxygen atoms in total. The summed E-state index contributed by atoms with van der Waals surface area (Å²) in [5.41, 5.74) is 3.50. The number of carbonyl (C=O) groups is 1. The highest BCUT2D eigenvalue weighted by Crippen LogP contribution is 2.29. The molecule has 2 fully saturated rings. The summed E-state index contributed by atoms with van der Waals surface area (Å²) >= 11 is 1.92. The van der Waals surface area contributed by atoms with Crippen molar-refractivity contribution in [2.75, 3.05) is 18.1 Å². The first kappa shape index (κ1) is 20.7. The molecule has 158 valence electrons. The average Bonchev–Trinajstić information content (AvgIpc) is 3.11. The molecular weight excluding hydrogens is 380 g/mol. The molecule has 2 aromatic rings. The Morgan fingerprint density at radius 2 is 2.00 bits per heavy atom. The second-order valence-electron chi connectivity index (χ2n) is 9.66. The summed E-state index contributed by atoms with van der Waals surface area (Å²) in [5.74, 6) is 3.06. The predicted octanol–water partition coefficient (Wildman–Crippen LogP) is 4.94. The molecule has 1 amide bonds. The van der Waals surface area contributed by atoms with Crippen LogP contribution >= 0.6 is 11.8 Å². The number of aromatic nitrogens is 3. The van der Waals surface area contributed by atoms with Crippen molar-refractivity contribution in [2.45, 2.75) is 77.7 Å². The molecule has 1 saturated carbocycles. The SMILES string of the molecule is CC(C)c1cc(CC2CCCCC2)nc2cc(C(=O)N3CCSCC3(C)C)nn12. The molecule has 0 N–H and O–H groups in total. The molecule has 0 unspecified atom stereocenters. The molecule has 29 heavy (non-hydrogen) atoms. The molecule has 6 heteroatoms. The molecule has 0 spiro atoms. The third-order valence-electron chi connectivity index (χ3n) is 6.43. The van der Waals surface area contributed by atoms with Crippen molar-refractivity contribution >= 4 is 23.3 Å². The summed E-state index contributed by atoms with van der Waals surface area (Å²) < 4.78 is 1.90. The quantitative estimate of drug-likeness (QED) is 0.711. The van der Waals surface area contributed by atoms with E-state index in [2.05, 4.69) is 33.8 Å². The van der Waals surface area contributed by atoms with Crippen LogP contribution in [0, 0.1) is 5.92 Å². The van der Waals surface area contributed by atoms with Crippen molar-refractivity contribution in [3.05, 3.63) is 29.2 Å². The number of hydrogen-bond acceptors (Lipinski definition) is 4.